The van der Waals surface area contributed by atoms with Crippen LogP contribution < -0.4 is 0 Å². The quantitative estimate of drug-likeness (QED) is 0.567. The predicted octanol–water partition coefficient (Wildman–Crippen LogP) is 1.64. The minimum Gasteiger partial charge on any atom is -0.261 e. The number of hydrogen-bond donors (Lipinski definition) is 0. The average molecular weight is 183 g/mol. The molecule has 0 fully saturated rings. The van der Waals surface area contributed by atoms with Crippen LogP contribution in [0.2, 0.25) is 0 Å². The molecule has 2 rings (SSSR count). The van der Waals surface area contributed by atoms with E-state index in [1.807, 2.05) is 16.7 Å². The molecule has 3 heteroatoms. The normalized spacial score (nSPS) is 18.4. The molecule has 12 heavy (non-hydrogen) atoms. The molecular weight excluding hydrogens is 172 g/mol. The first-order chi connectivity index (χ1) is 5.86. The Hall–Kier alpha value is -0.600. The van der Waals surface area contributed by atoms with Crippen LogP contribution in [0.4, 0.5) is 0 Å². The third kappa shape index (κ3) is 1.59. The first kappa shape index (κ1) is 8.02. The summed E-state index contributed by atoms with van der Waals surface area (Å²) in [6, 6.07) is 4.13. The molecule has 1 aromatic heterocycles. The summed E-state index contributed by atoms with van der Waals surface area (Å²) in [7, 11) is 0. The number of hydrogen-bond acceptors (Lipinski definition) is 2. The van der Waals surface area contributed by atoms with E-state index in [0.29, 0.717) is 0 Å². The molecule has 0 atom stereocenters. The number of rotatable bonds is 0. The summed E-state index contributed by atoms with van der Waals surface area (Å²) in [5.41, 5.74) is 2.56. The predicted molar refractivity (Wildman–Crippen MR) is 49.1 cm³/mol. The summed E-state index contributed by atoms with van der Waals surface area (Å²) >= 11 is 5.92. The lowest BCUT2D eigenvalue weighted by Crippen LogP contribution is -2.14. The number of aromatic nitrogens is 1. The maximum Gasteiger partial charge on any atom is 0.0449 e. The van der Waals surface area contributed by atoms with Gasteiger partial charge < -0.3 is 0 Å². The van der Waals surface area contributed by atoms with Gasteiger partial charge in [0.2, 0.25) is 0 Å². The molecule has 0 saturated carbocycles. The van der Waals surface area contributed by atoms with Gasteiger partial charge in [-0.3, -0.25) is 4.98 Å². The van der Waals surface area contributed by atoms with Gasteiger partial charge in [-0.25, -0.2) is 4.42 Å². The van der Waals surface area contributed by atoms with E-state index in [1.54, 1.807) is 0 Å². The molecule has 0 spiro atoms. The molecule has 2 heterocycles. The van der Waals surface area contributed by atoms with E-state index in [4.69, 9.17) is 11.8 Å². The summed E-state index contributed by atoms with van der Waals surface area (Å²) in [4.78, 5) is 4.33. The highest BCUT2D eigenvalue weighted by Crippen LogP contribution is 2.13. The lowest BCUT2D eigenvalue weighted by atomic mass is 10.1. The highest BCUT2D eigenvalue weighted by Gasteiger charge is 2.11. The SMILES string of the molecule is ClN1CCc2cccnc2CC1. The molecule has 64 valence electrons. The Bertz CT molecular complexity index is 248. The Morgan fingerprint density at radius 3 is 3.08 bits per heavy atom. The van der Waals surface area contributed by atoms with Gasteiger partial charge in [0, 0.05) is 31.4 Å². The number of halogens is 1. The number of nitrogens with zero attached hydrogens (tertiary/aromatic N) is 2. The van der Waals surface area contributed by atoms with E-state index in [1.165, 1.54) is 11.3 Å². The molecule has 0 amide bonds. The number of pyridine rings is 1. The van der Waals surface area contributed by atoms with Crippen molar-refractivity contribution in [3.8, 4) is 0 Å². The van der Waals surface area contributed by atoms with Crippen molar-refractivity contribution in [2.45, 2.75) is 12.8 Å². The summed E-state index contributed by atoms with van der Waals surface area (Å²) < 4.78 is 1.84. The van der Waals surface area contributed by atoms with Crippen molar-refractivity contribution in [2.75, 3.05) is 13.1 Å². The molecule has 1 aliphatic heterocycles. The van der Waals surface area contributed by atoms with Gasteiger partial charge in [0.15, 0.2) is 0 Å². The molecule has 0 radical (unpaired) electrons. The smallest absolute Gasteiger partial charge is 0.0449 e. The van der Waals surface area contributed by atoms with Gasteiger partial charge in [-0.15, -0.1) is 0 Å². The first-order valence-corrected chi connectivity index (χ1v) is 4.53. The van der Waals surface area contributed by atoms with Crippen molar-refractivity contribution in [3.05, 3.63) is 29.6 Å². The Morgan fingerprint density at radius 2 is 2.17 bits per heavy atom. The maximum absolute atomic E-state index is 5.92. The summed E-state index contributed by atoms with van der Waals surface area (Å²) in [5.74, 6) is 0. The van der Waals surface area contributed by atoms with Crippen LogP contribution in [0.3, 0.4) is 0 Å². The standard InChI is InChI=1S/C9H11ClN2/c10-12-6-3-8-2-1-5-11-9(8)4-7-12/h1-2,5H,3-4,6-7H2. The van der Waals surface area contributed by atoms with Gasteiger partial charge in [-0.2, -0.15) is 0 Å². The molecule has 1 aliphatic rings. The van der Waals surface area contributed by atoms with Crippen molar-refractivity contribution in [2.24, 2.45) is 0 Å². The van der Waals surface area contributed by atoms with Crippen LogP contribution in [0.15, 0.2) is 18.3 Å². The molecule has 0 bridgehead atoms. The second kappa shape index (κ2) is 3.42. The zero-order chi connectivity index (χ0) is 8.39. The van der Waals surface area contributed by atoms with E-state index in [2.05, 4.69) is 11.1 Å². The fraction of sp³-hybridized carbons (Fsp3) is 0.444. The van der Waals surface area contributed by atoms with Crippen molar-refractivity contribution in [3.63, 3.8) is 0 Å². The molecule has 0 N–H and O–H groups in total. The largest absolute Gasteiger partial charge is 0.261 e. The average Bonchev–Trinajstić information content (AvgIpc) is 2.29. The third-order valence-corrected chi connectivity index (χ3v) is 2.54. The summed E-state index contributed by atoms with van der Waals surface area (Å²) in [6.07, 6.45) is 3.84. The highest BCUT2D eigenvalue weighted by atomic mass is 35.5. The summed E-state index contributed by atoms with van der Waals surface area (Å²) in [5, 5.41) is 0. The van der Waals surface area contributed by atoms with E-state index in [9.17, 15) is 0 Å². The van der Waals surface area contributed by atoms with Crippen LogP contribution in [0.1, 0.15) is 11.3 Å². The molecule has 0 aromatic carbocycles. The van der Waals surface area contributed by atoms with Crippen LogP contribution in [-0.4, -0.2) is 22.5 Å². The zero-order valence-electron chi connectivity index (χ0n) is 6.83. The molecule has 1 aromatic rings. The molecule has 0 unspecified atom stereocenters. The topological polar surface area (TPSA) is 16.1 Å². The maximum atomic E-state index is 5.92. The molecule has 0 saturated heterocycles. The minimum absolute atomic E-state index is 0.908. The number of fused-ring (bicyclic) bond motifs is 1. The van der Waals surface area contributed by atoms with E-state index < -0.39 is 0 Å². The van der Waals surface area contributed by atoms with Gasteiger partial charge in [0.1, 0.15) is 0 Å². The molecule has 2 nitrogen and oxygen atoms in total. The van der Waals surface area contributed by atoms with E-state index in [0.717, 1.165) is 25.9 Å². The fourth-order valence-electron chi connectivity index (χ4n) is 1.50. The molecular formula is C9H11ClN2. The van der Waals surface area contributed by atoms with Gasteiger partial charge >= 0.3 is 0 Å². The monoisotopic (exact) mass is 182 g/mol. The van der Waals surface area contributed by atoms with Gasteiger partial charge in [-0.1, -0.05) is 6.07 Å². The zero-order valence-corrected chi connectivity index (χ0v) is 7.59. The molecule has 0 aliphatic carbocycles. The van der Waals surface area contributed by atoms with Gasteiger partial charge in [-0.05, 0) is 29.8 Å². The summed E-state index contributed by atoms with van der Waals surface area (Å²) in [6.45, 7) is 1.84. The van der Waals surface area contributed by atoms with Gasteiger partial charge in [0.25, 0.3) is 0 Å². The second-order valence-electron chi connectivity index (χ2n) is 3.02. The lowest BCUT2D eigenvalue weighted by molar-refractivity contribution is 0.476. The Balaban J connectivity index is 2.26. The van der Waals surface area contributed by atoms with Crippen LogP contribution in [0, 0.1) is 0 Å². The second-order valence-corrected chi connectivity index (χ2v) is 3.50. The highest BCUT2D eigenvalue weighted by molar-refractivity contribution is 6.13. The van der Waals surface area contributed by atoms with Crippen molar-refractivity contribution < 1.29 is 0 Å². The lowest BCUT2D eigenvalue weighted by Gasteiger charge is -2.06. The fourth-order valence-corrected chi connectivity index (χ4v) is 1.67. The van der Waals surface area contributed by atoms with Crippen LogP contribution in [-0.2, 0) is 12.8 Å². The van der Waals surface area contributed by atoms with Crippen LogP contribution >= 0.6 is 11.8 Å². The van der Waals surface area contributed by atoms with E-state index in [-0.39, 0.29) is 0 Å². The first-order valence-electron chi connectivity index (χ1n) is 4.20. The van der Waals surface area contributed by atoms with Crippen molar-refractivity contribution in [1.82, 2.24) is 9.40 Å². The van der Waals surface area contributed by atoms with Crippen molar-refractivity contribution >= 4 is 11.8 Å². The van der Waals surface area contributed by atoms with E-state index >= 15 is 0 Å². The Kier molecular flexibility index (Phi) is 2.28. The Morgan fingerprint density at radius 1 is 1.33 bits per heavy atom. The minimum atomic E-state index is 0.908. The van der Waals surface area contributed by atoms with Gasteiger partial charge in [0.05, 0.1) is 0 Å². The third-order valence-electron chi connectivity index (χ3n) is 2.20. The van der Waals surface area contributed by atoms with Crippen LogP contribution in [0.5, 0.6) is 0 Å². The Labute approximate surface area is 77.3 Å². The van der Waals surface area contributed by atoms with Crippen molar-refractivity contribution in [1.29, 1.82) is 0 Å². The van der Waals surface area contributed by atoms with Crippen LogP contribution in [0.25, 0.3) is 0 Å².